The topological polar surface area (TPSA) is 62.4 Å². The second-order valence-electron chi connectivity index (χ2n) is 7.65. The van der Waals surface area contributed by atoms with Crippen molar-refractivity contribution in [2.75, 3.05) is 26.0 Å². The Morgan fingerprint density at radius 1 is 1.38 bits per heavy atom. The molecule has 0 unspecified atom stereocenters. The van der Waals surface area contributed by atoms with E-state index in [-0.39, 0.29) is 12.5 Å². The van der Waals surface area contributed by atoms with Gasteiger partial charge in [0.2, 0.25) is 0 Å². The molecule has 0 saturated carbocycles. The van der Waals surface area contributed by atoms with Crippen LogP contribution in [0, 0.1) is 5.92 Å². The van der Waals surface area contributed by atoms with Crippen LogP contribution in [0.5, 0.6) is 0 Å². The fraction of sp³-hybridized carbons (Fsp3) is 0.579. The van der Waals surface area contributed by atoms with Gasteiger partial charge in [-0.25, -0.2) is 0 Å². The Hall–Kier alpha value is -0.890. The zero-order valence-corrected chi connectivity index (χ0v) is 17.6. The zero-order valence-electron chi connectivity index (χ0n) is 15.2. The van der Waals surface area contributed by atoms with Gasteiger partial charge in [-0.05, 0) is 64.8 Å². The summed E-state index contributed by atoms with van der Waals surface area (Å²) in [6, 6.07) is 6.96. The summed E-state index contributed by atoms with van der Waals surface area (Å²) in [5.74, 6) is 0.652. The Kier molecular flexibility index (Phi) is 4.92. The van der Waals surface area contributed by atoms with Crippen molar-refractivity contribution >= 4 is 37.0 Å². The Morgan fingerprint density at radius 2 is 2.19 bits per heavy atom. The number of aromatic amines is 1. The van der Waals surface area contributed by atoms with Crippen molar-refractivity contribution in [1.29, 1.82) is 0 Å². The van der Waals surface area contributed by atoms with Crippen molar-refractivity contribution in [3.63, 3.8) is 0 Å². The van der Waals surface area contributed by atoms with Gasteiger partial charge in [0.15, 0.2) is 0 Å². The number of hydrogen-bond donors (Lipinski definition) is 1. The molecule has 142 valence electrons. The maximum atomic E-state index is 11.4. The zero-order chi connectivity index (χ0) is 18.5. The van der Waals surface area contributed by atoms with Crippen molar-refractivity contribution in [3.05, 3.63) is 33.9 Å². The Labute approximate surface area is 163 Å². The molecular formula is C19H25BrN2O3S. The fourth-order valence-corrected chi connectivity index (χ4v) is 5.84. The van der Waals surface area contributed by atoms with Gasteiger partial charge >= 0.3 is 0 Å². The molecule has 1 aliphatic carbocycles. The van der Waals surface area contributed by atoms with E-state index in [0.29, 0.717) is 12.0 Å². The molecule has 1 aliphatic heterocycles. The van der Waals surface area contributed by atoms with Crippen LogP contribution in [0.15, 0.2) is 22.8 Å². The summed E-state index contributed by atoms with van der Waals surface area (Å²) in [5.41, 5.74) is 3.95. The van der Waals surface area contributed by atoms with E-state index >= 15 is 0 Å². The predicted octanol–water partition coefficient (Wildman–Crippen LogP) is 3.65. The van der Waals surface area contributed by atoms with Crippen molar-refractivity contribution in [2.24, 2.45) is 5.92 Å². The van der Waals surface area contributed by atoms with Gasteiger partial charge in [-0.15, -0.1) is 0 Å². The summed E-state index contributed by atoms with van der Waals surface area (Å²) in [6.07, 6.45) is 4.23. The molecule has 2 aromatic rings. The van der Waals surface area contributed by atoms with Crippen LogP contribution in [-0.2, 0) is 20.7 Å². The van der Waals surface area contributed by atoms with Gasteiger partial charge in [-0.1, -0.05) is 19.1 Å². The highest BCUT2D eigenvalue weighted by Crippen LogP contribution is 2.46. The summed E-state index contributed by atoms with van der Waals surface area (Å²) >= 11 is 3.71. The normalized spacial score (nSPS) is 26.2. The van der Waals surface area contributed by atoms with E-state index in [9.17, 15) is 8.42 Å². The summed E-state index contributed by atoms with van der Waals surface area (Å²) in [4.78, 5) is 6.01. The van der Waals surface area contributed by atoms with Crippen molar-refractivity contribution < 1.29 is 12.6 Å². The largest absolute Gasteiger partial charge is 0.349 e. The van der Waals surface area contributed by atoms with Gasteiger partial charge in [-0.3, -0.25) is 9.08 Å². The molecule has 0 spiro atoms. The number of rotatable bonds is 5. The molecule has 0 bridgehead atoms. The van der Waals surface area contributed by atoms with E-state index in [0.717, 1.165) is 43.2 Å². The van der Waals surface area contributed by atoms with Gasteiger partial charge in [-0.2, -0.15) is 8.42 Å². The molecule has 0 amide bonds. The van der Waals surface area contributed by atoms with Crippen molar-refractivity contribution in [3.8, 4) is 0 Å². The summed E-state index contributed by atoms with van der Waals surface area (Å²) in [6.45, 7) is 4.41. The molecule has 1 aromatic carbocycles. The molecule has 2 heterocycles. The average molecular weight is 441 g/mol. The summed E-state index contributed by atoms with van der Waals surface area (Å²) < 4.78 is 29.1. The highest BCUT2D eigenvalue weighted by molar-refractivity contribution is 9.10. The molecule has 1 saturated heterocycles. The number of piperidine rings is 1. The van der Waals surface area contributed by atoms with Gasteiger partial charge < -0.3 is 4.98 Å². The number of nitrogens with one attached hydrogen (secondary N) is 1. The monoisotopic (exact) mass is 440 g/mol. The van der Waals surface area contributed by atoms with Crippen molar-refractivity contribution in [1.82, 2.24) is 9.88 Å². The standard InChI is InChI=1S/C19H25BrN2O3S/c1-3-7-22-10-12(11-25-26(2,23)24)8-14-13-5-4-6-16-18(13)15(9-17(14)22)19(20)21-16/h4-6,12,14,17,21H,3,7-11H2,1-2H3/t12-,14-,17-/m1/s1. The molecular weight excluding hydrogens is 416 g/mol. The SMILES string of the molecule is CCCN1C[C@H](COS(C)(=O)=O)C[C@@H]2c3cccc4[nH]c(Br)c(c34)C[C@H]21. The minimum absolute atomic E-state index is 0.233. The number of halogens is 1. The number of likely N-dealkylation sites (tertiary alicyclic amines) is 1. The number of H-pyrrole nitrogens is 1. The molecule has 3 atom stereocenters. The minimum Gasteiger partial charge on any atom is -0.349 e. The van der Waals surface area contributed by atoms with Crippen LogP contribution in [0.1, 0.15) is 36.8 Å². The van der Waals surface area contributed by atoms with E-state index in [1.54, 1.807) is 0 Å². The van der Waals surface area contributed by atoms with Gasteiger partial charge in [0.25, 0.3) is 10.1 Å². The van der Waals surface area contributed by atoms with E-state index < -0.39 is 10.1 Å². The Bertz CT molecular complexity index is 924. The second kappa shape index (κ2) is 6.93. The molecule has 1 N–H and O–H groups in total. The third kappa shape index (κ3) is 3.35. The lowest BCUT2D eigenvalue weighted by Crippen LogP contribution is -2.51. The second-order valence-corrected chi connectivity index (χ2v) is 10.1. The molecule has 2 aliphatic rings. The lowest BCUT2D eigenvalue weighted by Gasteiger charge is -2.47. The lowest BCUT2D eigenvalue weighted by molar-refractivity contribution is 0.0639. The number of benzene rings is 1. The van der Waals surface area contributed by atoms with E-state index in [1.165, 1.54) is 22.0 Å². The van der Waals surface area contributed by atoms with Crippen LogP contribution < -0.4 is 0 Å². The van der Waals surface area contributed by atoms with E-state index in [2.05, 4.69) is 50.9 Å². The third-order valence-corrected chi connectivity index (χ3v) is 7.00. The fourth-order valence-electron chi connectivity index (χ4n) is 4.83. The van der Waals surface area contributed by atoms with Crippen LogP contribution in [0.25, 0.3) is 10.9 Å². The van der Waals surface area contributed by atoms with Gasteiger partial charge in [0.1, 0.15) is 0 Å². The lowest BCUT2D eigenvalue weighted by atomic mass is 9.72. The molecule has 1 fully saturated rings. The minimum atomic E-state index is -3.40. The first-order valence-electron chi connectivity index (χ1n) is 9.24. The number of aromatic nitrogens is 1. The highest BCUT2D eigenvalue weighted by atomic mass is 79.9. The molecule has 4 rings (SSSR count). The van der Waals surface area contributed by atoms with E-state index in [4.69, 9.17) is 4.18 Å². The average Bonchev–Trinajstić information content (AvgIpc) is 2.90. The van der Waals surface area contributed by atoms with Crippen LogP contribution in [0.4, 0.5) is 0 Å². The maximum absolute atomic E-state index is 11.4. The molecule has 7 heteroatoms. The highest BCUT2D eigenvalue weighted by Gasteiger charge is 2.41. The molecule has 5 nitrogen and oxygen atoms in total. The summed E-state index contributed by atoms with van der Waals surface area (Å²) in [7, 11) is -3.40. The smallest absolute Gasteiger partial charge is 0.264 e. The Balaban J connectivity index is 1.70. The molecule has 1 aromatic heterocycles. The number of hydrogen-bond acceptors (Lipinski definition) is 4. The quantitative estimate of drug-likeness (QED) is 0.720. The Morgan fingerprint density at radius 3 is 2.92 bits per heavy atom. The van der Waals surface area contributed by atoms with E-state index in [1.807, 2.05) is 0 Å². The number of nitrogens with zero attached hydrogens (tertiary/aromatic N) is 1. The van der Waals surface area contributed by atoms with Gasteiger partial charge in [0.05, 0.1) is 17.5 Å². The van der Waals surface area contributed by atoms with Crippen molar-refractivity contribution in [2.45, 2.75) is 38.1 Å². The van der Waals surface area contributed by atoms with Gasteiger partial charge in [0, 0.05) is 29.4 Å². The first-order chi connectivity index (χ1) is 12.4. The van der Waals surface area contributed by atoms with Crippen LogP contribution in [-0.4, -0.2) is 50.3 Å². The first-order valence-corrected chi connectivity index (χ1v) is 11.9. The third-order valence-electron chi connectivity index (χ3n) is 5.76. The maximum Gasteiger partial charge on any atom is 0.264 e. The first kappa shape index (κ1) is 18.5. The van der Waals surface area contributed by atoms with Crippen LogP contribution in [0.3, 0.4) is 0 Å². The van der Waals surface area contributed by atoms with Crippen LogP contribution >= 0.6 is 15.9 Å². The van der Waals surface area contributed by atoms with Crippen LogP contribution in [0.2, 0.25) is 0 Å². The molecule has 0 radical (unpaired) electrons. The predicted molar refractivity (Wildman–Crippen MR) is 107 cm³/mol. The summed E-state index contributed by atoms with van der Waals surface area (Å²) in [5, 5.41) is 1.35. The molecule has 26 heavy (non-hydrogen) atoms. The number of fused-ring (bicyclic) bond motifs is 2.